The topological polar surface area (TPSA) is 55.6 Å². The number of carbonyl (C=O) groups is 1. The van der Waals surface area contributed by atoms with Gasteiger partial charge in [0.15, 0.2) is 0 Å². The zero-order chi connectivity index (χ0) is 14.1. The molecular weight excluding hydrogens is 240 g/mol. The predicted octanol–water partition coefficient (Wildman–Crippen LogP) is 1.96. The van der Waals surface area contributed by atoms with Gasteiger partial charge in [0.05, 0.1) is 6.61 Å². The van der Waals surface area contributed by atoms with Crippen LogP contribution in [-0.2, 0) is 9.53 Å². The highest BCUT2D eigenvalue weighted by Gasteiger charge is 2.12. The average molecular weight is 264 g/mol. The van der Waals surface area contributed by atoms with E-state index in [2.05, 4.69) is 0 Å². The highest BCUT2D eigenvalue weighted by Crippen LogP contribution is 2.15. The molecule has 1 aromatic carbocycles. The van der Waals surface area contributed by atoms with Gasteiger partial charge in [-0.1, -0.05) is 30.3 Å². The molecule has 1 unspecified atom stereocenters. The van der Waals surface area contributed by atoms with Crippen LogP contribution in [0.4, 0.5) is 0 Å². The Morgan fingerprint density at radius 2 is 2.05 bits per heavy atom. The number of ether oxygens (including phenoxy) is 1. The number of nitrogens with two attached hydrogens (primary N) is 1. The van der Waals surface area contributed by atoms with E-state index in [9.17, 15) is 4.79 Å². The summed E-state index contributed by atoms with van der Waals surface area (Å²) >= 11 is 0. The summed E-state index contributed by atoms with van der Waals surface area (Å²) in [5.41, 5.74) is 7.15. The van der Waals surface area contributed by atoms with E-state index in [0.717, 1.165) is 5.56 Å². The van der Waals surface area contributed by atoms with Crippen LogP contribution in [0.2, 0.25) is 0 Å². The molecule has 4 heteroatoms. The summed E-state index contributed by atoms with van der Waals surface area (Å²) < 4.78 is 5.23. The van der Waals surface area contributed by atoms with Crippen LogP contribution in [0, 0.1) is 0 Å². The largest absolute Gasteiger partial charge is 0.380 e. The lowest BCUT2D eigenvalue weighted by atomic mass is 10.0. The predicted molar refractivity (Wildman–Crippen MR) is 76.7 cm³/mol. The van der Waals surface area contributed by atoms with Crippen LogP contribution < -0.4 is 5.73 Å². The molecule has 0 heterocycles. The maximum Gasteiger partial charge on any atom is 0.222 e. The summed E-state index contributed by atoms with van der Waals surface area (Å²) in [6, 6.07) is 9.80. The Balaban J connectivity index is 2.29. The van der Waals surface area contributed by atoms with Crippen LogP contribution >= 0.6 is 0 Å². The van der Waals surface area contributed by atoms with Gasteiger partial charge in [-0.25, -0.2) is 0 Å². The van der Waals surface area contributed by atoms with Gasteiger partial charge in [0.2, 0.25) is 5.91 Å². The molecule has 0 spiro atoms. The minimum absolute atomic E-state index is 0.0783. The Morgan fingerprint density at radius 3 is 2.68 bits per heavy atom. The third kappa shape index (κ3) is 5.85. The third-order valence-electron chi connectivity index (χ3n) is 3.10. The van der Waals surface area contributed by atoms with E-state index in [0.29, 0.717) is 32.6 Å². The van der Waals surface area contributed by atoms with Crippen LogP contribution in [0.1, 0.15) is 31.4 Å². The van der Waals surface area contributed by atoms with Crippen LogP contribution in [0.25, 0.3) is 0 Å². The van der Waals surface area contributed by atoms with Gasteiger partial charge >= 0.3 is 0 Å². The minimum Gasteiger partial charge on any atom is -0.380 e. The van der Waals surface area contributed by atoms with Gasteiger partial charge in [0.1, 0.15) is 0 Å². The van der Waals surface area contributed by atoms with E-state index < -0.39 is 0 Å². The van der Waals surface area contributed by atoms with Crippen molar-refractivity contribution in [3.05, 3.63) is 35.9 Å². The fourth-order valence-electron chi connectivity index (χ4n) is 1.81. The van der Waals surface area contributed by atoms with E-state index in [1.165, 1.54) is 0 Å². The normalized spacial score (nSPS) is 12.2. The maximum atomic E-state index is 11.9. The maximum absolute atomic E-state index is 11.9. The smallest absolute Gasteiger partial charge is 0.222 e. The molecule has 0 aromatic heterocycles. The van der Waals surface area contributed by atoms with Gasteiger partial charge in [0.25, 0.3) is 0 Å². The zero-order valence-electron chi connectivity index (χ0n) is 11.8. The van der Waals surface area contributed by atoms with Gasteiger partial charge in [-0.3, -0.25) is 4.79 Å². The number of hydrogen-bond acceptors (Lipinski definition) is 3. The second kappa shape index (κ2) is 8.67. The highest BCUT2D eigenvalue weighted by molar-refractivity contribution is 5.75. The second-order valence-corrected chi connectivity index (χ2v) is 4.57. The first-order chi connectivity index (χ1) is 9.15. The molecule has 106 valence electrons. The Hall–Kier alpha value is -1.39. The van der Waals surface area contributed by atoms with E-state index >= 15 is 0 Å². The lowest BCUT2D eigenvalue weighted by molar-refractivity contribution is -0.130. The third-order valence-corrected chi connectivity index (χ3v) is 3.10. The van der Waals surface area contributed by atoms with E-state index in [-0.39, 0.29) is 11.9 Å². The summed E-state index contributed by atoms with van der Waals surface area (Å²) in [4.78, 5) is 13.6. The molecule has 0 aliphatic heterocycles. The first-order valence-corrected chi connectivity index (χ1v) is 6.77. The van der Waals surface area contributed by atoms with E-state index in [1.54, 1.807) is 11.9 Å². The molecule has 1 amide bonds. The molecule has 1 rings (SSSR count). The zero-order valence-corrected chi connectivity index (χ0v) is 11.8. The molecule has 4 nitrogen and oxygen atoms in total. The number of carbonyl (C=O) groups excluding carboxylic acids is 1. The molecule has 2 N–H and O–H groups in total. The Bertz CT molecular complexity index is 368. The summed E-state index contributed by atoms with van der Waals surface area (Å²) in [6.07, 6.45) is 1.14. The number of hydrogen-bond donors (Lipinski definition) is 1. The van der Waals surface area contributed by atoms with Crippen molar-refractivity contribution in [1.82, 2.24) is 4.90 Å². The summed E-state index contributed by atoms with van der Waals surface area (Å²) in [7, 11) is 1.80. The lowest BCUT2D eigenvalue weighted by Gasteiger charge is -2.18. The van der Waals surface area contributed by atoms with Crippen molar-refractivity contribution in [2.24, 2.45) is 5.73 Å². The molecule has 19 heavy (non-hydrogen) atoms. The average Bonchev–Trinajstić information content (AvgIpc) is 2.45. The van der Waals surface area contributed by atoms with E-state index in [4.69, 9.17) is 10.5 Å². The molecule has 1 atom stereocenters. The van der Waals surface area contributed by atoms with Crippen LogP contribution in [0.3, 0.4) is 0 Å². The minimum atomic E-state index is -0.0783. The van der Waals surface area contributed by atoms with Crippen molar-refractivity contribution in [2.45, 2.75) is 25.8 Å². The first kappa shape index (κ1) is 15.7. The monoisotopic (exact) mass is 264 g/mol. The second-order valence-electron chi connectivity index (χ2n) is 4.57. The SMILES string of the molecule is CCOCCN(C)C(=O)CCC(N)c1ccccc1. The molecule has 0 saturated heterocycles. The molecular formula is C15H24N2O2. The van der Waals surface area contributed by atoms with Gasteiger partial charge in [-0.15, -0.1) is 0 Å². The van der Waals surface area contributed by atoms with Crippen molar-refractivity contribution in [3.8, 4) is 0 Å². The van der Waals surface area contributed by atoms with Crippen LogP contribution in [-0.4, -0.2) is 37.6 Å². The van der Waals surface area contributed by atoms with Crippen molar-refractivity contribution < 1.29 is 9.53 Å². The summed E-state index contributed by atoms with van der Waals surface area (Å²) in [5.74, 6) is 0.117. The quantitative estimate of drug-likeness (QED) is 0.730. The van der Waals surface area contributed by atoms with Crippen molar-refractivity contribution in [3.63, 3.8) is 0 Å². The van der Waals surface area contributed by atoms with Gasteiger partial charge in [-0.05, 0) is 18.9 Å². The first-order valence-electron chi connectivity index (χ1n) is 6.77. The molecule has 0 bridgehead atoms. The number of nitrogens with zero attached hydrogens (tertiary/aromatic N) is 1. The summed E-state index contributed by atoms with van der Waals surface area (Å²) in [6.45, 7) is 3.85. The summed E-state index contributed by atoms with van der Waals surface area (Å²) in [5, 5.41) is 0. The Labute approximate surface area is 115 Å². The standard InChI is InChI=1S/C15H24N2O2/c1-3-19-12-11-17(2)15(18)10-9-14(16)13-7-5-4-6-8-13/h4-8,14H,3,9-12,16H2,1-2H3. The molecule has 0 aliphatic rings. The number of likely N-dealkylation sites (N-methyl/N-ethyl adjacent to an activating group) is 1. The molecule has 1 aromatic rings. The van der Waals surface area contributed by atoms with Gasteiger partial charge < -0.3 is 15.4 Å². The highest BCUT2D eigenvalue weighted by atomic mass is 16.5. The molecule has 0 aliphatic carbocycles. The molecule has 0 saturated carbocycles. The van der Waals surface area contributed by atoms with Crippen molar-refractivity contribution in [1.29, 1.82) is 0 Å². The van der Waals surface area contributed by atoms with Crippen molar-refractivity contribution >= 4 is 5.91 Å². The van der Waals surface area contributed by atoms with Crippen LogP contribution in [0.5, 0.6) is 0 Å². The Kier molecular flexibility index (Phi) is 7.15. The van der Waals surface area contributed by atoms with Gasteiger partial charge in [-0.2, -0.15) is 0 Å². The fourth-order valence-corrected chi connectivity index (χ4v) is 1.81. The van der Waals surface area contributed by atoms with Crippen LogP contribution in [0.15, 0.2) is 30.3 Å². The Morgan fingerprint density at radius 1 is 1.37 bits per heavy atom. The van der Waals surface area contributed by atoms with Crippen molar-refractivity contribution in [2.75, 3.05) is 26.8 Å². The van der Waals surface area contributed by atoms with E-state index in [1.807, 2.05) is 37.3 Å². The fraction of sp³-hybridized carbons (Fsp3) is 0.533. The molecule has 0 radical (unpaired) electrons. The number of benzene rings is 1. The number of rotatable bonds is 8. The van der Waals surface area contributed by atoms with Gasteiger partial charge in [0, 0.05) is 32.7 Å². The lowest BCUT2D eigenvalue weighted by Crippen LogP contribution is -2.30. The molecule has 0 fully saturated rings. The number of amides is 1.